The lowest BCUT2D eigenvalue weighted by atomic mass is 10.2. The van der Waals surface area contributed by atoms with Crippen molar-refractivity contribution in [3.8, 4) is 11.5 Å². The largest absolute Gasteiger partial charge is 0.477 e. The van der Waals surface area contributed by atoms with Gasteiger partial charge in [-0.2, -0.15) is 4.98 Å². The summed E-state index contributed by atoms with van der Waals surface area (Å²) in [6.07, 6.45) is 3.95. The third-order valence-corrected chi connectivity index (χ3v) is 6.63. The number of carboxylic acid groups (broad SMARTS) is 1. The predicted molar refractivity (Wildman–Crippen MR) is 122 cm³/mol. The molecule has 33 heavy (non-hydrogen) atoms. The second kappa shape index (κ2) is 8.96. The fourth-order valence-electron chi connectivity index (χ4n) is 2.85. The highest BCUT2D eigenvalue weighted by Crippen LogP contribution is 2.27. The van der Waals surface area contributed by atoms with Gasteiger partial charge in [-0.15, -0.1) is 0 Å². The van der Waals surface area contributed by atoms with Crippen LogP contribution in [0.15, 0.2) is 52.2 Å². The number of hydrogen-bond acceptors (Lipinski definition) is 11. The van der Waals surface area contributed by atoms with Crippen molar-refractivity contribution in [1.82, 2.24) is 19.9 Å². The zero-order chi connectivity index (χ0) is 23.6. The quantitative estimate of drug-likeness (QED) is 0.335. The molecule has 0 unspecified atom stereocenters. The molecule has 0 saturated heterocycles. The highest BCUT2D eigenvalue weighted by molar-refractivity contribution is 7.90. The van der Waals surface area contributed by atoms with Crippen LogP contribution in [0.1, 0.15) is 20.9 Å². The molecule has 0 saturated carbocycles. The highest BCUT2D eigenvalue weighted by atomic mass is 32.2. The van der Waals surface area contributed by atoms with Gasteiger partial charge >= 0.3 is 5.97 Å². The lowest BCUT2D eigenvalue weighted by Crippen LogP contribution is -2.06. The molecule has 13 heteroatoms. The van der Waals surface area contributed by atoms with Crippen LogP contribution in [0.2, 0.25) is 0 Å². The molecule has 4 rings (SSSR count). The van der Waals surface area contributed by atoms with Crippen molar-refractivity contribution in [3.05, 3.63) is 59.1 Å². The zero-order valence-electron chi connectivity index (χ0n) is 17.4. The van der Waals surface area contributed by atoms with Crippen molar-refractivity contribution in [2.75, 3.05) is 16.9 Å². The number of anilines is 3. The SMILES string of the molecule is Cc1nc(Nc2nc(NCc3ccc(S(C)(=O)=O)cc3)cc(-c3cnco3)n2)sc1C(=O)O. The Balaban J connectivity index is 1.59. The first-order valence-corrected chi connectivity index (χ1v) is 12.2. The lowest BCUT2D eigenvalue weighted by molar-refractivity contribution is 0.0701. The third-order valence-electron chi connectivity index (χ3n) is 4.45. The van der Waals surface area contributed by atoms with E-state index in [-0.39, 0.29) is 15.7 Å². The van der Waals surface area contributed by atoms with Crippen LogP contribution >= 0.6 is 11.3 Å². The Hall–Kier alpha value is -3.84. The first-order chi connectivity index (χ1) is 15.7. The minimum Gasteiger partial charge on any atom is -0.477 e. The molecule has 3 N–H and O–H groups in total. The molecule has 0 spiro atoms. The molecule has 0 aliphatic carbocycles. The Morgan fingerprint density at radius 3 is 2.55 bits per heavy atom. The Kier molecular flexibility index (Phi) is 6.07. The molecule has 0 aliphatic rings. The van der Waals surface area contributed by atoms with Crippen LogP contribution in [0.4, 0.5) is 16.9 Å². The van der Waals surface area contributed by atoms with E-state index in [9.17, 15) is 18.3 Å². The maximum Gasteiger partial charge on any atom is 0.347 e. The molecular weight excluding hydrogens is 468 g/mol. The summed E-state index contributed by atoms with van der Waals surface area (Å²) in [7, 11) is -3.27. The van der Waals surface area contributed by atoms with Gasteiger partial charge in [-0.25, -0.2) is 28.2 Å². The van der Waals surface area contributed by atoms with Gasteiger partial charge in [-0.05, 0) is 24.6 Å². The van der Waals surface area contributed by atoms with Crippen molar-refractivity contribution in [3.63, 3.8) is 0 Å². The summed E-state index contributed by atoms with van der Waals surface area (Å²) in [5.41, 5.74) is 1.68. The van der Waals surface area contributed by atoms with E-state index in [1.807, 2.05) is 0 Å². The van der Waals surface area contributed by atoms with Crippen molar-refractivity contribution < 1.29 is 22.7 Å². The molecule has 0 radical (unpaired) electrons. The van der Waals surface area contributed by atoms with Gasteiger partial charge in [0.15, 0.2) is 27.1 Å². The van der Waals surface area contributed by atoms with E-state index in [1.54, 1.807) is 37.3 Å². The maximum atomic E-state index is 11.6. The molecule has 170 valence electrons. The van der Waals surface area contributed by atoms with Gasteiger partial charge in [0.2, 0.25) is 5.95 Å². The predicted octanol–water partition coefficient (Wildman–Crippen LogP) is 3.35. The van der Waals surface area contributed by atoms with E-state index in [4.69, 9.17) is 4.42 Å². The number of carboxylic acids is 1. The number of oxazole rings is 1. The standard InChI is InChI=1S/C20H18N6O5S2/c1-11-17(18(27)28)32-20(23-11)26-19-24-14(15-9-21-10-31-15)7-16(25-19)22-8-12-3-5-13(6-4-12)33(2,29)30/h3-7,9-10H,8H2,1-2H3,(H,27,28)(H2,22,23,24,25,26). The first kappa shape index (κ1) is 22.4. The fourth-order valence-corrected chi connectivity index (χ4v) is 4.28. The Labute approximate surface area is 192 Å². The molecule has 3 aromatic heterocycles. The number of hydrogen-bond donors (Lipinski definition) is 3. The third kappa shape index (κ3) is 5.32. The number of nitrogens with one attached hydrogen (secondary N) is 2. The summed E-state index contributed by atoms with van der Waals surface area (Å²) in [6.45, 7) is 1.98. The Morgan fingerprint density at radius 2 is 1.94 bits per heavy atom. The average molecular weight is 487 g/mol. The van der Waals surface area contributed by atoms with E-state index in [0.717, 1.165) is 23.2 Å². The summed E-state index contributed by atoms with van der Waals surface area (Å²) in [4.78, 5) is 28.6. The Morgan fingerprint density at radius 1 is 1.18 bits per heavy atom. The van der Waals surface area contributed by atoms with E-state index in [2.05, 4.69) is 30.6 Å². The van der Waals surface area contributed by atoms with Crippen molar-refractivity contribution in [1.29, 1.82) is 0 Å². The maximum absolute atomic E-state index is 11.6. The van der Waals surface area contributed by atoms with Crippen LogP contribution in [0.25, 0.3) is 11.5 Å². The number of carbonyl (C=O) groups is 1. The van der Waals surface area contributed by atoms with E-state index in [0.29, 0.717) is 34.6 Å². The molecule has 0 amide bonds. The fraction of sp³-hybridized carbons (Fsp3) is 0.150. The summed E-state index contributed by atoms with van der Waals surface area (Å²) >= 11 is 0.978. The van der Waals surface area contributed by atoms with Crippen LogP contribution in [0.5, 0.6) is 0 Å². The van der Waals surface area contributed by atoms with Gasteiger partial charge in [0, 0.05) is 18.9 Å². The van der Waals surface area contributed by atoms with Crippen molar-refractivity contribution >= 4 is 44.0 Å². The summed E-state index contributed by atoms with van der Waals surface area (Å²) in [5.74, 6) is 0.00325. The van der Waals surface area contributed by atoms with Gasteiger partial charge < -0.3 is 14.8 Å². The molecule has 3 heterocycles. The van der Waals surface area contributed by atoms with E-state index >= 15 is 0 Å². The van der Waals surface area contributed by atoms with Gasteiger partial charge in [0.25, 0.3) is 0 Å². The van der Waals surface area contributed by atoms with Crippen LogP contribution in [0.3, 0.4) is 0 Å². The van der Waals surface area contributed by atoms with Crippen molar-refractivity contribution in [2.24, 2.45) is 0 Å². The second-order valence-electron chi connectivity index (χ2n) is 6.96. The second-order valence-corrected chi connectivity index (χ2v) is 9.98. The molecular formula is C20H18N6O5S2. The average Bonchev–Trinajstić information content (AvgIpc) is 3.42. The van der Waals surface area contributed by atoms with Crippen LogP contribution in [0, 0.1) is 6.92 Å². The number of rotatable bonds is 8. The topological polar surface area (TPSA) is 160 Å². The normalized spacial score (nSPS) is 11.3. The van der Waals surface area contributed by atoms with Crippen LogP contribution < -0.4 is 10.6 Å². The number of aromatic nitrogens is 4. The number of nitrogens with zero attached hydrogens (tertiary/aromatic N) is 4. The molecule has 0 aliphatic heterocycles. The number of aromatic carboxylic acids is 1. The number of thiazole rings is 1. The molecule has 0 atom stereocenters. The number of aryl methyl sites for hydroxylation is 1. The summed E-state index contributed by atoms with van der Waals surface area (Å²) < 4.78 is 28.6. The minimum absolute atomic E-state index is 0.125. The van der Waals surface area contributed by atoms with Gasteiger partial charge in [0.1, 0.15) is 16.4 Å². The monoisotopic (exact) mass is 486 g/mol. The summed E-state index contributed by atoms with van der Waals surface area (Å²) in [6, 6.07) is 8.19. The van der Waals surface area contributed by atoms with Crippen LogP contribution in [-0.4, -0.2) is 45.7 Å². The van der Waals surface area contributed by atoms with Crippen LogP contribution in [-0.2, 0) is 16.4 Å². The zero-order valence-corrected chi connectivity index (χ0v) is 19.1. The first-order valence-electron chi connectivity index (χ1n) is 9.47. The Bertz CT molecular complexity index is 1400. The number of benzene rings is 1. The molecule has 1 aromatic carbocycles. The minimum atomic E-state index is -3.27. The van der Waals surface area contributed by atoms with E-state index in [1.165, 1.54) is 12.6 Å². The molecule has 0 fully saturated rings. The lowest BCUT2D eigenvalue weighted by Gasteiger charge is -2.10. The molecule has 0 bridgehead atoms. The van der Waals surface area contributed by atoms with Gasteiger partial charge in [-0.3, -0.25) is 5.32 Å². The molecule has 4 aromatic rings. The summed E-state index contributed by atoms with van der Waals surface area (Å²) in [5, 5.41) is 15.7. The molecule has 11 nitrogen and oxygen atoms in total. The smallest absolute Gasteiger partial charge is 0.347 e. The number of sulfone groups is 1. The van der Waals surface area contributed by atoms with Gasteiger partial charge in [-0.1, -0.05) is 23.5 Å². The van der Waals surface area contributed by atoms with Crippen molar-refractivity contribution in [2.45, 2.75) is 18.4 Å². The van der Waals surface area contributed by atoms with Gasteiger partial charge in [0.05, 0.1) is 16.8 Å². The van der Waals surface area contributed by atoms with E-state index < -0.39 is 15.8 Å². The highest BCUT2D eigenvalue weighted by Gasteiger charge is 2.16.